The van der Waals surface area contributed by atoms with E-state index < -0.39 is 11.6 Å². The third-order valence-corrected chi connectivity index (χ3v) is 2.70. The SMILES string of the molecule is Fc1cccc(Oc2ncnc(Cl)c2CCl)c1F. The third kappa shape index (κ3) is 2.52. The van der Waals surface area contributed by atoms with Crippen LogP contribution in [0.2, 0.25) is 5.15 Å². The molecule has 94 valence electrons. The fourth-order valence-electron chi connectivity index (χ4n) is 1.24. The first-order chi connectivity index (χ1) is 8.63. The van der Waals surface area contributed by atoms with Crippen LogP contribution in [0.1, 0.15) is 5.56 Å². The molecule has 0 spiro atoms. The first kappa shape index (κ1) is 13.0. The molecule has 1 heterocycles. The van der Waals surface area contributed by atoms with E-state index in [4.69, 9.17) is 27.9 Å². The zero-order valence-electron chi connectivity index (χ0n) is 8.83. The Labute approximate surface area is 111 Å². The highest BCUT2D eigenvalue weighted by molar-refractivity contribution is 6.31. The predicted molar refractivity (Wildman–Crippen MR) is 63.0 cm³/mol. The van der Waals surface area contributed by atoms with Gasteiger partial charge in [0.25, 0.3) is 0 Å². The fraction of sp³-hybridized carbons (Fsp3) is 0.0909. The van der Waals surface area contributed by atoms with Crippen LogP contribution in [0.4, 0.5) is 8.78 Å². The first-order valence-electron chi connectivity index (χ1n) is 4.80. The summed E-state index contributed by atoms with van der Waals surface area (Å²) in [4.78, 5) is 7.50. The molecule has 0 unspecified atom stereocenters. The number of nitrogens with zero attached hydrogens (tertiary/aromatic N) is 2. The van der Waals surface area contributed by atoms with Crippen LogP contribution in [0, 0.1) is 11.6 Å². The number of aromatic nitrogens is 2. The zero-order chi connectivity index (χ0) is 13.1. The van der Waals surface area contributed by atoms with E-state index in [0.717, 1.165) is 12.4 Å². The topological polar surface area (TPSA) is 35.0 Å². The number of hydrogen-bond acceptors (Lipinski definition) is 3. The maximum atomic E-state index is 13.4. The summed E-state index contributed by atoms with van der Waals surface area (Å²) in [5.41, 5.74) is 0.310. The minimum atomic E-state index is -1.10. The normalized spacial score (nSPS) is 10.4. The molecule has 0 fully saturated rings. The smallest absolute Gasteiger partial charge is 0.228 e. The molecular weight excluding hydrogens is 285 g/mol. The lowest BCUT2D eigenvalue weighted by atomic mass is 10.3. The average Bonchev–Trinajstić information content (AvgIpc) is 2.35. The Morgan fingerprint density at radius 1 is 1.22 bits per heavy atom. The van der Waals surface area contributed by atoms with Crippen LogP contribution < -0.4 is 4.74 Å². The number of alkyl halides is 1. The Bertz CT molecular complexity index is 581. The van der Waals surface area contributed by atoms with Gasteiger partial charge in [-0.25, -0.2) is 14.4 Å². The summed E-state index contributed by atoms with van der Waals surface area (Å²) in [5.74, 6) is -2.43. The standard InChI is InChI=1S/C11H6Cl2F2N2O/c12-4-6-10(13)16-5-17-11(6)18-8-3-1-2-7(14)9(8)15/h1-3,5H,4H2. The lowest BCUT2D eigenvalue weighted by Crippen LogP contribution is -1.98. The van der Waals surface area contributed by atoms with Crippen molar-refractivity contribution in [3.8, 4) is 11.6 Å². The summed E-state index contributed by atoms with van der Waals surface area (Å²) in [6.07, 6.45) is 1.14. The van der Waals surface area contributed by atoms with Crippen molar-refractivity contribution in [3.05, 3.63) is 46.9 Å². The Kier molecular flexibility index (Phi) is 3.93. The molecule has 0 saturated carbocycles. The van der Waals surface area contributed by atoms with Gasteiger partial charge in [0.1, 0.15) is 11.5 Å². The second kappa shape index (κ2) is 5.46. The van der Waals surface area contributed by atoms with Crippen molar-refractivity contribution in [2.24, 2.45) is 0 Å². The quantitative estimate of drug-likeness (QED) is 0.634. The van der Waals surface area contributed by atoms with Crippen molar-refractivity contribution in [1.82, 2.24) is 9.97 Å². The van der Waals surface area contributed by atoms with E-state index in [9.17, 15) is 8.78 Å². The van der Waals surface area contributed by atoms with Gasteiger partial charge in [0.15, 0.2) is 11.6 Å². The maximum Gasteiger partial charge on any atom is 0.228 e. The average molecular weight is 291 g/mol. The van der Waals surface area contributed by atoms with Crippen LogP contribution in [0.5, 0.6) is 11.6 Å². The summed E-state index contributed by atoms with van der Waals surface area (Å²) in [6.45, 7) is 0. The van der Waals surface area contributed by atoms with Crippen LogP contribution in [0.25, 0.3) is 0 Å². The van der Waals surface area contributed by atoms with Crippen molar-refractivity contribution >= 4 is 23.2 Å². The number of ether oxygens (including phenoxy) is 1. The number of benzene rings is 1. The zero-order valence-corrected chi connectivity index (χ0v) is 10.3. The summed E-state index contributed by atoms with van der Waals surface area (Å²) in [6, 6.07) is 3.57. The molecule has 0 amide bonds. The van der Waals surface area contributed by atoms with Gasteiger partial charge in [-0.3, -0.25) is 0 Å². The van der Waals surface area contributed by atoms with Crippen LogP contribution in [-0.4, -0.2) is 9.97 Å². The van der Waals surface area contributed by atoms with E-state index in [0.29, 0.717) is 5.56 Å². The highest BCUT2D eigenvalue weighted by atomic mass is 35.5. The van der Waals surface area contributed by atoms with E-state index in [2.05, 4.69) is 9.97 Å². The number of rotatable bonds is 3. The fourth-order valence-corrected chi connectivity index (χ4v) is 1.74. The highest BCUT2D eigenvalue weighted by Crippen LogP contribution is 2.30. The van der Waals surface area contributed by atoms with Crippen molar-refractivity contribution < 1.29 is 13.5 Å². The molecule has 2 rings (SSSR count). The molecule has 0 aliphatic rings. The second-order valence-corrected chi connectivity index (χ2v) is 3.86. The van der Waals surface area contributed by atoms with Gasteiger partial charge >= 0.3 is 0 Å². The van der Waals surface area contributed by atoms with E-state index >= 15 is 0 Å². The molecule has 0 saturated heterocycles. The second-order valence-electron chi connectivity index (χ2n) is 3.24. The molecule has 1 aromatic carbocycles. The molecule has 0 atom stereocenters. The van der Waals surface area contributed by atoms with E-state index in [1.165, 1.54) is 12.1 Å². The summed E-state index contributed by atoms with van der Waals surface area (Å²) < 4.78 is 31.6. The monoisotopic (exact) mass is 290 g/mol. The molecule has 1 aromatic heterocycles. The van der Waals surface area contributed by atoms with Gasteiger partial charge in [0.2, 0.25) is 11.7 Å². The van der Waals surface area contributed by atoms with Gasteiger partial charge in [-0.15, -0.1) is 11.6 Å². The Balaban J connectivity index is 2.40. The minimum absolute atomic E-state index is 0.00509. The summed E-state index contributed by atoms with van der Waals surface area (Å²) in [5, 5.41) is 0.104. The van der Waals surface area contributed by atoms with E-state index in [1.807, 2.05) is 0 Å². The maximum absolute atomic E-state index is 13.4. The minimum Gasteiger partial charge on any atom is -0.435 e. The first-order valence-corrected chi connectivity index (χ1v) is 5.72. The highest BCUT2D eigenvalue weighted by Gasteiger charge is 2.15. The number of halogens is 4. The molecule has 2 aromatic rings. The molecule has 0 bridgehead atoms. The molecular formula is C11H6Cl2F2N2O. The van der Waals surface area contributed by atoms with Gasteiger partial charge in [-0.05, 0) is 12.1 Å². The molecule has 3 nitrogen and oxygen atoms in total. The summed E-state index contributed by atoms with van der Waals surface area (Å²) >= 11 is 11.4. The van der Waals surface area contributed by atoms with Crippen molar-refractivity contribution in [2.75, 3.05) is 0 Å². The van der Waals surface area contributed by atoms with E-state index in [1.54, 1.807) is 0 Å². The molecule has 0 radical (unpaired) electrons. The van der Waals surface area contributed by atoms with Gasteiger partial charge in [-0.1, -0.05) is 17.7 Å². The lowest BCUT2D eigenvalue weighted by molar-refractivity contribution is 0.402. The van der Waals surface area contributed by atoms with Gasteiger partial charge in [0, 0.05) is 0 Å². The summed E-state index contributed by atoms with van der Waals surface area (Å²) in [7, 11) is 0. The largest absolute Gasteiger partial charge is 0.435 e. The van der Waals surface area contributed by atoms with Gasteiger partial charge < -0.3 is 4.74 Å². The Hall–Kier alpha value is -1.46. The molecule has 0 aliphatic carbocycles. The van der Waals surface area contributed by atoms with Crippen molar-refractivity contribution in [3.63, 3.8) is 0 Å². The molecule has 0 N–H and O–H groups in total. The van der Waals surface area contributed by atoms with Gasteiger partial charge in [0.05, 0.1) is 11.4 Å². The van der Waals surface area contributed by atoms with Gasteiger partial charge in [-0.2, -0.15) is 4.39 Å². The molecule has 0 aliphatic heterocycles. The van der Waals surface area contributed by atoms with Crippen LogP contribution in [0.3, 0.4) is 0 Å². The van der Waals surface area contributed by atoms with Crippen molar-refractivity contribution in [1.29, 1.82) is 0 Å². The molecule has 18 heavy (non-hydrogen) atoms. The third-order valence-electron chi connectivity index (χ3n) is 2.11. The molecule has 7 heteroatoms. The predicted octanol–water partition coefficient (Wildman–Crippen LogP) is 3.94. The van der Waals surface area contributed by atoms with Crippen LogP contribution in [-0.2, 0) is 5.88 Å². The van der Waals surface area contributed by atoms with Crippen LogP contribution in [0.15, 0.2) is 24.5 Å². The Morgan fingerprint density at radius 3 is 2.72 bits per heavy atom. The number of hydrogen-bond donors (Lipinski definition) is 0. The van der Waals surface area contributed by atoms with Crippen LogP contribution >= 0.6 is 23.2 Å². The lowest BCUT2D eigenvalue weighted by Gasteiger charge is -2.09. The van der Waals surface area contributed by atoms with E-state index in [-0.39, 0.29) is 22.7 Å². The Morgan fingerprint density at radius 2 is 2.00 bits per heavy atom. The van der Waals surface area contributed by atoms with Crippen molar-refractivity contribution in [2.45, 2.75) is 5.88 Å².